The molecule has 1 aliphatic carbocycles. The van der Waals surface area contributed by atoms with E-state index in [1.54, 1.807) is 18.4 Å². The molecule has 0 aromatic carbocycles. The lowest BCUT2D eigenvalue weighted by Crippen LogP contribution is -2.30. The summed E-state index contributed by atoms with van der Waals surface area (Å²) in [6.07, 6.45) is 4.22. The highest BCUT2D eigenvalue weighted by Crippen LogP contribution is 2.69. The molecule has 1 spiro atoms. The number of anilines is 1. The monoisotopic (exact) mass is 378 g/mol. The normalized spacial score (nSPS) is 21.7. The summed E-state index contributed by atoms with van der Waals surface area (Å²) in [6, 6.07) is 1.90. The van der Waals surface area contributed by atoms with Crippen LogP contribution in [0.1, 0.15) is 28.4 Å². The maximum absolute atomic E-state index is 10.2. The molecule has 8 heteroatoms. The lowest BCUT2D eigenvalue weighted by Gasteiger charge is -2.35. The molecule has 2 aromatic rings. The zero-order valence-corrected chi connectivity index (χ0v) is 14.9. The van der Waals surface area contributed by atoms with Crippen molar-refractivity contribution in [3.05, 3.63) is 31.6 Å². The number of nitrogens with zero attached hydrogens (tertiary/aromatic N) is 1. The van der Waals surface area contributed by atoms with Gasteiger partial charge < -0.3 is 19.1 Å². The van der Waals surface area contributed by atoms with Gasteiger partial charge >= 0.3 is 0 Å². The Morgan fingerprint density at radius 2 is 2.29 bits per heavy atom. The van der Waals surface area contributed by atoms with E-state index in [0.29, 0.717) is 16.5 Å². The maximum Gasteiger partial charge on any atom is 0.234 e. The maximum atomic E-state index is 10.2. The first-order valence-corrected chi connectivity index (χ1v) is 9.67. The second-order valence-corrected chi connectivity index (χ2v) is 8.74. The minimum absolute atomic E-state index is 0.0606. The van der Waals surface area contributed by atoms with Crippen molar-refractivity contribution < 1.29 is 13.8 Å². The molecule has 5 rings (SSSR count). The Labute approximate surface area is 149 Å². The van der Waals surface area contributed by atoms with Crippen LogP contribution < -0.4 is 9.50 Å². The fourth-order valence-corrected chi connectivity index (χ4v) is 6.21. The number of aromatic nitrogens is 1. The first-order chi connectivity index (χ1) is 11.6. The summed E-state index contributed by atoms with van der Waals surface area (Å²) >= 11 is 7.48. The van der Waals surface area contributed by atoms with Gasteiger partial charge in [-0.2, -0.15) is 0 Å². The van der Waals surface area contributed by atoms with Crippen LogP contribution in [0.25, 0.3) is 6.08 Å². The molecule has 0 bridgehead atoms. The van der Waals surface area contributed by atoms with Gasteiger partial charge in [0.1, 0.15) is 10.7 Å². The van der Waals surface area contributed by atoms with Crippen molar-refractivity contribution in [1.29, 1.82) is 0 Å². The standard InChI is InChI=1S/C16H11ClN2O3S2/c1-18-13-9(21-19-14(13)17)3-2-8-6-10-11(23-8)7-12-16(4-5-16)15(20)24(12)22-10/h6-7,18,20H,4-5H2,1H3. The Kier molecular flexibility index (Phi) is 2.98. The summed E-state index contributed by atoms with van der Waals surface area (Å²) in [5.41, 5.74) is 0.521. The van der Waals surface area contributed by atoms with Gasteiger partial charge in [0, 0.05) is 18.0 Å². The highest BCUT2D eigenvalue weighted by molar-refractivity contribution is 8.17. The average Bonchev–Trinajstić information content (AvgIpc) is 3.22. The van der Waals surface area contributed by atoms with E-state index in [4.69, 9.17) is 20.3 Å². The summed E-state index contributed by atoms with van der Waals surface area (Å²) < 4.78 is 11.1. The van der Waals surface area contributed by atoms with Gasteiger partial charge in [0.05, 0.1) is 25.9 Å². The van der Waals surface area contributed by atoms with Crippen molar-refractivity contribution in [2.24, 2.45) is 5.41 Å². The Bertz CT molecular complexity index is 1020. The summed E-state index contributed by atoms with van der Waals surface area (Å²) in [7, 11) is 1.18. The van der Waals surface area contributed by atoms with Gasteiger partial charge in [0.25, 0.3) is 0 Å². The van der Waals surface area contributed by atoms with Crippen LogP contribution in [0.3, 0.4) is 0 Å². The number of aliphatic hydroxyl groups excluding tert-OH is 1. The third kappa shape index (κ3) is 1.88. The molecule has 2 aromatic heterocycles. The number of aliphatic hydroxyl groups is 1. The molecule has 24 heavy (non-hydrogen) atoms. The minimum Gasteiger partial charge on any atom is -0.426 e. The molecule has 0 radical (unpaired) electrons. The Morgan fingerprint density at radius 3 is 3.04 bits per heavy atom. The van der Waals surface area contributed by atoms with Crippen LogP contribution in [0.5, 0.6) is 5.75 Å². The molecule has 5 nitrogen and oxygen atoms in total. The first kappa shape index (κ1) is 14.6. The second kappa shape index (κ2) is 4.90. The highest BCUT2D eigenvalue weighted by Gasteiger charge is 2.60. The molecule has 3 aliphatic rings. The van der Waals surface area contributed by atoms with Crippen LogP contribution in [0, 0.1) is 17.3 Å². The van der Waals surface area contributed by atoms with Crippen molar-refractivity contribution in [3.63, 3.8) is 0 Å². The van der Waals surface area contributed by atoms with Gasteiger partial charge in [-0.05, 0) is 30.8 Å². The SMILES string of the molecule is CNc1c(Cl)noc1C#Cc1cc2c(s1)C=C1S(=C(O)C13CC3)O2. The van der Waals surface area contributed by atoms with E-state index in [2.05, 4.69) is 28.4 Å². The number of nitrogens with one attached hydrogen (secondary N) is 1. The quantitative estimate of drug-likeness (QED) is 0.574. The zero-order chi connectivity index (χ0) is 16.5. The molecular weight excluding hydrogens is 368 g/mol. The summed E-state index contributed by atoms with van der Waals surface area (Å²) in [5, 5.41) is 17.6. The number of hydrogen-bond donors (Lipinski definition) is 2. The van der Waals surface area contributed by atoms with Crippen molar-refractivity contribution in [3.8, 4) is 17.6 Å². The first-order valence-electron chi connectivity index (χ1n) is 7.32. The molecule has 1 saturated carbocycles. The number of rotatable bonds is 1. The predicted octanol–water partition coefficient (Wildman–Crippen LogP) is 4.23. The molecule has 1 unspecified atom stereocenters. The zero-order valence-electron chi connectivity index (χ0n) is 12.5. The molecule has 2 N–H and O–H groups in total. The van der Waals surface area contributed by atoms with Gasteiger partial charge in [0.15, 0.2) is 10.9 Å². The fourth-order valence-electron chi connectivity index (χ4n) is 2.89. The van der Waals surface area contributed by atoms with Crippen LogP contribution in [-0.2, 0) is 0 Å². The summed E-state index contributed by atoms with van der Waals surface area (Å²) in [5.74, 6) is 7.19. The number of halogens is 1. The Morgan fingerprint density at radius 1 is 1.46 bits per heavy atom. The van der Waals surface area contributed by atoms with Gasteiger partial charge in [-0.15, -0.1) is 11.3 Å². The van der Waals surface area contributed by atoms with Crippen molar-refractivity contribution in [2.75, 3.05) is 12.4 Å². The smallest absolute Gasteiger partial charge is 0.234 e. The largest absolute Gasteiger partial charge is 0.426 e. The van der Waals surface area contributed by atoms with E-state index in [1.807, 2.05) is 6.07 Å². The second-order valence-electron chi connectivity index (χ2n) is 5.76. The number of fused-ring (bicyclic) bond motifs is 3. The van der Waals surface area contributed by atoms with E-state index >= 15 is 0 Å². The van der Waals surface area contributed by atoms with Crippen LogP contribution in [-0.4, -0.2) is 22.4 Å². The minimum atomic E-state index is -0.560. The molecular formula is C16H11ClN2O3S2. The van der Waals surface area contributed by atoms with E-state index in [0.717, 1.165) is 28.3 Å². The fraction of sp³-hybridized carbons (Fsp3) is 0.250. The van der Waals surface area contributed by atoms with Crippen molar-refractivity contribution in [1.82, 2.24) is 5.16 Å². The van der Waals surface area contributed by atoms with Gasteiger partial charge in [-0.25, -0.2) is 0 Å². The third-order valence-corrected chi connectivity index (χ3v) is 7.60. The number of hydrogen-bond acceptors (Lipinski definition) is 5. The lowest BCUT2D eigenvalue weighted by atomic mass is 10.1. The third-order valence-electron chi connectivity index (χ3n) is 4.37. The summed E-state index contributed by atoms with van der Waals surface area (Å²) in [6.45, 7) is 0. The Balaban J connectivity index is 1.49. The van der Waals surface area contributed by atoms with Gasteiger partial charge in [-0.3, -0.25) is 0 Å². The van der Waals surface area contributed by atoms with Gasteiger partial charge in [0.2, 0.25) is 5.76 Å². The average molecular weight is 379 g/mol. The molecule has 2 aliphatic heterocycles. The van der Waals surface area contributed by atoms with Crippen molar-refractivity contribution >= 4 is 50.5 Å². The van der Waals surface area contributed by atoms with Crippen molar-refractivity contribution in [2.45, 2.75) is 12.8 Å². The molecule has 4 heterocycles. The van der Waals surface area contributed by atoms with E-state index in [-0.39, 0.29) is 10.6 Å². The van der Waals surface area contributed by atoms with Crippen LogP contribution >= 0.6 is 33.7 Å². The van der Waals surface area contributed by atoms with Crippen LogP contribution in [0.4, 0.5) is 5.69 Å². The molecule has 0 amide bonds. The molecule has 1 atom stereocenters. The summed E-state index contributed by atoms with van der Waals surface area (Å²) in [4.78, 5) is 3.15. The van der Waals surface area contributed by atoms with E-state index in [9.17, 15) is 5.11 Å². The predicted molar refractivity (Wildman–Crippen MR) is 96.9 cm³/mol. The number of thiophene rings is 1. The molecule has 122 valence electrons. The van der Waals surface area contributed by atoms with E-state index < -0.39 is 10.8 Å². The topological polar surface area (TPSA) is 67.5 Å². The van der Waals surface area contributed by atoms with E-state index in [1.165, 1.54) is 4.91 Å². The van der Waals surface area contributed by atoms with Crippen LogP contribution in [0.2, 0.25) is 5.15 Å². The lowest BCUT2D eigenvalue weighted by molar-refractivity contribution is 0.411. The van der Waals surface area contributed by atoms with Gasteiger partial charge in [-0.1, -0.05) is 16.8 Å². The van der Waals surface area contributed by atoms with Crippen LogP contribution in [0.15, 0.2) is 15.5 Å². The highest BCUT2D eigenvalue weighted by atomic mass is 35.5. The molecule has 0 saturated heterocycles. The molecule has 1 fully saturated rings. The Hall–Kier alpha value is -1.72.